The van der Waals surface area contributed by atoms with E-state index in [1.165, 1.54) is 49.2 Å². The summed E-state index contributed by atoms with van der Waals surface area (Å²) in [4.78, 5) is 13.8. The third-order valence-electron chi connectivity index (χ3n) is 6.22. The lowest BCUT2D eigenvalue weighted by atomic mass is 9.84. The summed E-state index contributed by atoms with van der Waals surface area (Å²) in [6.45, 7) is 2.32. The normalized spacial score (nSPS) is 25.0. The predicted molar refractivity (Wildman–Crippen MR) is 111 cm³/mol. The van der Waals surface area contributed by atoms with Gasteiger partial charge >= 0.3 is 0 Å². The number of fused-ring (bicyclic) bond motifs is 2. The lowest BCUT2D eigenvalue weighted by Crippen LogP contribution is -2.40. The molecular weight excluding hydrogens is 392 g/mol. The Morgan fingerprint density at radius 3 is 2.75 bits per heavy atom. The highest BCUT2D eigenvalue weighted by Gasteiger charge is 2.42. The van der Waals surface area contributed by atoms with Crippen LogP contribution in [-0.2, 0) is 16.6 Å². The predicted octanol–water partition coefficient (Wildman–Crippen LogP) is 3.78. The Labute approximate surface area is 170 Å². The van der Waals surface area contributed by atoms with Crippen LogP contribution in [-0.4, -0.2) is 20.4 Å². The van der Waals surface area contributed by atoms with E-state index < -0.39 is 10.0 Å². The number of nitrogens with one attached hydrogen (secondary N) is 2. The summed E-state index contributed by atoms with van der Waals surface area (Å²) in [6, 6.07) is 10.1. The van der Waals surface area contributed by atoms with Crippen molar-refractivity contribution in [2.45, 2.75) is 50.1 Å². The van der Waals surface area contributed by atoms with Gasteiger partial charge in [-0.25, -0.2) is 13.1 Å². The molecule has 0 aliphatic heterocycles. The summed E-state index contributed by atoms with van der Waals surface area (Å²) in [5, 5.41) is 5.01. The Morgan fingerprint density at radius 1 is 1.21 bits per heavy atom. The van der Waals surface area contributed by atoms with Gasteiger partial charge in [-0.15, -0.1) is 11.3 Å². The molecule has 5 nitrogen and oxygen atoms in total. The fourth-order valence-corrected chi connectivity index (χ4v) is 6.56. The number of benzene rings is 1. The van der Waals surface area contributed by atoms with Gasteiger partial charge in [0.2, 0.25) is 10.0 Å². The zero-order chi connectivity index (χ0) is 19.7. The molecule has 1 amide bonds. The number of carbonyl (C=O) groups is 1. The molecular formula is C21H26N2O3S2. The molecule has 2 N–H and O–H groups in total. The number of thiophene rings is 1. The van der Waals surface area contributed by atoms with Crippen LogP contribution < -0.4 is 10.0 Å². The van der Waals surface area contributed by atoms with Gasteiger partial charge in [0.1, 0.15) is 0 Å². The fourth-order valence-electron chi connectivity index (χ4n) is 4.77. The van der Waals surface area contributed by atoms with Crippen LogP contribution in [0.25, 0.3) is 0 Å². The summed E-state index contributed by atoms with van der Waals surface area (Å²) >= 11 is 1.50. The van der Waals surface area contributed by atoms with Gasteiger partial charge in [0.15, 0.2) is 0 Å². The Hall–Kier alpha value is -1.70. The van der Waals surface area contributed by atoms with Gasteiger partial charge in [0, 0.05) is 23.0 Å². The Bertz CT molecular complexity index is 940. The Balaban J connectivity index is 1.41. The van der Waals surface area contributed by atoms with E-state index in [2.05, 4.69) is 17.0 Å². The molecule has 1 aromatic heterocycles. The van der Waals surface area contributed by atoms with E-state index in [9.17, 15) is 13.2 Å². The molecule has 2 aliphatic carbocycles. The molecule has 4 atom stereocenters. The molecule has 0 radical (unpaired) electrons. The third kappa shape index (κ3) is 4.16. The maximum Gasteiger partial charge on any atom is 0.251 e. The van der Waals surface area contributed by atoms with Gasteiger partial charge in [-0.2, -0.15) is 0 Å². The van der Waals surface area contributed by atoms with Crippen LogP contribution in [0.5, 0.6) is 0 Å². The topological polar surface area (TPSA) is 75.3 Å². The average Bonchev–Trinajstić information content (AvgIpc) is 3.44. The summed E-state index contributed by atoms with van der Waals surface area (Å²) in [7, 11) is -3.67. The van der Waals surface area contributed by atoms with Gasteiger partial charge in [-0.05, 0) is 73.6 Å². The molecule has 2 fully saturated rings. The molecule has 0 saturated heterocycles. The minimum atomic E-state index is -3.67. The highest BCUT2D eigenvalue weighted by molar-refractivity contribution is 7.89. The van der Waals surface area contributed by atoms with E-state index in [1.807, 2.05) is 17.5 Å². The molecule has 28 heavy (non-hydrogen) atoms. The van der Waals surface area contributed by atoms with E-state index in [0.29, 0.717) is 11.5 Å². The van der Waals surface area contributed by atoms with E-state index in [4.69, 9.17) is 0 Å². The number of sulfonamides is 1. The van der Waals surface area contributed by atoms with E-state index >= 15 is 0 Å². The molecule has 2 saturated carbocycles. The zero-order valence-corrected chi connectivity index (χ0v) is 17.6. The first-order valence-electron chi connectivity index (χ1n) is 9.85. The number of hydrogen-bond acceptors (Lipinski definition) is 4. The molecule has 0 spiro atoms. The van der Waals surface area contributed by atoms with Crippen LogP contribution >= 0.6 is 11.3 Å². The van der Waals surface area contributed by atoms with Crippen molar-refractivity contribution < 1.29 is 13.2 Å². The SMILES string of the molecule is CC(NC(=O)c1cccc(S(=O)(=O)NCc2cccs2)c1)C1CC2CCC1C2. The van der Waals surface area contributed by atoms with Gasteiger partial charge in [-0.3, -0.25) is 4.79 Å². The maximum atomic E-state index is 12.7. The number of hydrogen-bond donors (Lipinski definition) is 2. The Morgan fingerprint density at radius 2 is 2.07 bits per heavy atom. The second-order valence-electron chi connectivity index (χ2n) is 8.03. The van der Waals surface area contributed by atoms with E-state index in [1.54, 1.807) is 12.1 Å². The zero-order valence-electron chi connectivity index (χ0n) is 15.9. The number of amides is 1. The largest absolute Gasteiger partial charge is 0.349 e. The van der Waals surface area contributed by atoms with Crippen molar-refractivity contribution in [3.05, 3.63) is 52.2 Å². The molecule has 4 rings (SSSR count). The molecule has 7 heteroatoms. The van der Waals surface area contributed by atoms with Crippen molar-refractivity contribution in [3.8, 4) is 0 Å². The highest BCUT2D eigenvalue weighted by Crippen LogP contribution is 2.49. The Kier molecular flexibility index (Phi) is 5.58. The maximum absolute atomic E-state index is 12.7. The fraction of sp³-hybridized carbons (Fsp3) is 0.476. The third-order valence-corrected chi connectivity index (χ3v) is 8.49. The number of rotatable bonds is 7. The molecule has 150 valence electrons. The van der Waals surface area contributed by atoms with Gasteiger partial charge in [0.05, 0.1) is 4.90 Å². The van der Waals surface area contributed by atoms with Crippen LogP contribution in [0.15, 0.2) is 46.7 Å². The highest BCUT2D eigenvalue weighted by atomic mass is 32.2. The van der Waals surface area contributed by atoms with Crippen molar-refractivity contribution >= 4 is 27.3 Å². The monoisotopic (exact) mass is 418 g/mol. The molecule has 4 unspecified atom stereocenters. The standard InChI is InChI=1S/C21H26N2O3S2/c1-14(20-11-15-7-8-16(20)10-15)23-21(24)17-4-2-6-19(12-17)28(25,26)22-13-18-5-3-9-27-18/h2-6,9,12,14-16,20,22H,7-8,10-11,13H2,1H3,(H,23,24). The number of carbonyl (C=O) groups excluding carboxylic acids is 1. The van der Waals surface area contributed by atoms with Crippen molar-refractivity contribution in [1.29, 1.82) is 0 Å². The second-order valence-corrected chi connectivity index (χ2v) is 10.8. The van der Waals surface area contributed by atoms with E-state index in [0.717, 1.165) is 16.7 Å². The lowest BCUT2D eigenvalue weighted by Gasteiger charge is -2.28. The first-order chi connectivity index (χ1) is 13.4. The molecule has 2 aromatic rings. The smallest absolute Gasteiger partial charge is 0.251 e. The molecule has 1 aromatic carbocycles. The summed E-state index contributed by atoms with van der Waals surface area (Å²) in [5.74, 6) is 1.90. The molecule has 1 heterocycles. The van der Waals surface area contributed by atoms with Crippen LogP contribution in [0, 0.1) is 17.8 Å². The van der Waals surface area contributed by atoms with Crippen LogP contribution in [0.2, 0.25) is 0 Å². The van der Waals surface area contributed by atoms with Crippen molar-refractivity contribution in [3.63, 3.8) is 0 Å². The summed E-state index contributed by atoms with van der Waals surface area (Å²) < 4.78 is 27.8. The first-order valence-corrected chi connectivity index (χ1v) is 12.2. The molecule has 2 aliphatic rings. The second kappa shape index (κ2) is 7.97. The van der Waals surface area contributed by atoms with Gasteiger partial charge in [-0.1, -0.05) is 18.6 Å². The van der Waals surface area contributed by atoms with Crippen molar-refractivity contribution in [2.75, 3.05) is 0 Å². The van der Waals surface area contributed by atoms with E-state index in [-0.39, 0.29) is 23.4 Å². The summed E-state index contributed by atoms with van der Waals surface area (Å²) in [5.41, 5.74) is 0.383. The van der Waals surface area contributed by atoms with Crippen LogP contribution in [0.4, 0.5) is 0 Å². The summed E-state index contributed by atoms with van der Waals surface area (Å²) in [6.07, 6.45) is 5.11. The van der Waals surface area contributed by atoms with Crippen molar-refractivity contribution in [2.24, 2.45) is 17.8 Å². The van der Waals surface area contributed by atoms with Crippen LogP contribution in [0.3, 0.4) is 0 Å². The average molecular weight is 419 g/mol. The van der Waals surface area contributed by atoms with Crippen molar-refractivity contribution in [1.82, 2.24) is 10.0 Å². The quantitative estimate of drug-likeness (QED) is 0.718. The van der Waals surface area contributed by atoms with Gasteiger partial charge < -0.3 is 5.32 Å². The minimum absolute atomic E-state index is 0.111. The van der Waals surface area contributed by atoms with Gasteiger partial charge in [0.25, 0.3) is 5.91 Å². The van der Waals surface area contributed by atoms with Crippen LogP contribution in [0.1, 0.15) is 47.8 Å². The lowest BCUT2D eigenvalue weighted by molar-refractivity contribution is 0.0915. The minimum Gasteiger partial charge on any atom is -0.349 e. The first kappa shape index (κ1) is 19.6. The molecule has 2 bridgehead atoms.